The summed E-state index contributed by atoms with van der Waals surface area (Å²) in [7, 11) is 3.08. The standard InChI is InChI=1S/CH3O2P/c2-1(3)4/h1-3H. The van der Waals surface area contributed by atoms with E-state index in [0.717, 1.165) is 0 Å². The van der Waals surface area contributed by atoms with Crippen molar-refractivity contribution in [2.24, 2.45) is 0 Å². The summed E-state index contributed by atoms with van der Waals surface area (Å²) in [6.45, 7) is 0. The summed E-state index contributed by atoms with van der Waals surface area (Å²) < 4.78 is 0. The molecule has 0 fully saturated rings. The topological polar surface area (TPSA) is 40.5 Å². The highest BCUT2D eigenvalue weighted by Gasteiger charge is 1.73. The molecule has 4 heavy (non-hydrogen) atoms. The van der Waals surface area contributed by atoms with Gasteiger partial charge in [-0.1, -0.05) is 0 Å². The maximum absolute atomic E-state index is 7.48. The summed E-state index contributed by atoms with van der Waals surface area (Å²) in [6.07, 6.45) is 0. The zero-order chi connectivity index (χ0) is 3.58. The Morgan fingerprint density at radius 1 is 1.50 bits per heavy atom. The van der Waals surface area contributed by atoms with Crippen molar-refractivity contribution in [2.75, 3.05) is 0 Å². The third-order valence-electron chi connectivity index (χ3n) is 0. The first-order valence-electron chi connectivity index (χ1n) is 0.775. The molecule has 0 unspecified atom stereocenters. The maximum atomic E-state index is 7.48. The lowest BCUT2D eigenvalue weighted by atomic mass is 11.5. The van der Waals surface area contributed by atoms with E-state index in [9.17, 15) is 0 Å². The molecule has 3 heteroatoms. The quantitative estimate of drug-likeness (QED) is 0.307. The zero-order valence-electron chi connectivity index (χ0n) is 1.92. The molecule has 0 aromatic rings. The molecule has 0 aromatic heterocycles. The lowest BCUT2D eigenvalue weighted by molar-refractivity contribution is 0.0395. The van der Waals surface area contributed by atoms with E-state index in [2.05, 4.69) is 9.24 Å². The van der Waals surface area contributed by atoms with Crippen LogP contribution in [0.25, 0.3) is 0 Å². The first-order chi connectivity index (χ1) is 1.73. The summed E-state index contributed by atoms with van der Waals surface area (Å²) in [5.74, 6) is 0. The molecule has 0 heterocycles. The lowest BCUT2D eigenvalue weighted by Gasteiger charge is -1.78. The number of hydrogen-bond donors (Lipinski definition) is 2. The first kappa shape index (κ1) is 4.35. The first-order valence-corrected chi connectivity index (χ1v) is 1.29. The minimum absolute atomic E-state index is 1.47. The Hall–Kier alpha value is 0.350. The van der Waals surface area contributed by atoms with Crippen molar-refractivity contribution in [3.63, 3.8) is 0 Å². The van der Waals surface area contributed by atoms with Crippen LogP contribution in [0.2, 0.25) is 0 Å². The molecule has 2 N–H and O–H groups in total. The maximum Gasteiger partial charge on any atom is 0.179 e. The van der Waals surface area contributed by atoms with Gasteiger partial charge in [0.2, 0.25) is 0 Å². The second-order valence-corrected chi connectivity index (χ2v) is 0.808. The lowest BCUT2D eigenvalue weighted by Crippen LogP contribution is -1.85. The number of rotatable bonds is 0. The Morgan fingerprint density at radius 2 is 1.50 bits per heavy atom. The molecule has 0 aliphatic rings. The summed E-state index contributed by atoms with van der Waals surface area (Å²) in [5.41, 5.74) is 0. The van der Waals surface area contributed by atoms with E-state index < -0.39 is 6.03 Å². The van der Waals surface area contributed by atoms with Gasteiger partial charge in [0, 0.05) is 9.24 Å². The molecule has 0 saturated carbocycles. The van der Waals surface area contributed by atoms with Crippen molar-refractivity contribution < 1.29 is 10.2 Å². The molecule has 0 bridgehead atoms. The second-order valence-electron chi connectivity index (χ2n) is 0.346. The highest BCUT2D eigenvalue weighted by Crippen LogP contribution is 1.81. The van der Waals surface area contributed by atoms with Gasteiger partial charge in [0.1, 0.15) is 0 Å². The van der Waals surface area contributed by atoms with Gasteiger partial charge in [0.15, 0.2) is 6.03 Å². The van der Waals surface area contributed by atoms with E-state index in [4.69, 9.17) is 10.2 Å². The van der Waals surface area contributed by atoms with E-state index in [0.29, 0.717) is 0 Å². The van der Waals surface area contributed by atoms with Crippen LogP contribution >= 0.6 is 9.24 Å². The van der Waals surface area contributed by atoms with Gasteiger partial charge in [-0.05, 0) is 0 Å². The summed E-state index contributed by atoms with van der Waals surface area (Å²) in [6, 6.07) is -1.47. The van der Waals surface area contributed by atoms with Gasteiger partial charge < -0.3 is 10.2 Å². The highest BCUT2D eigenvalue weighted by atomic mass is 31.0. The average Bonchev–Trinajstić information content (AvgIpc) is 0.811. The predicted molar refractivity (Wildman–Crippen MR) is 15.1 cm³/mol. The van der Waals surface area contributed by atoms with Crippen molar-refractivity contribution >= 4 is 9.24 Å². The van der Waals surface area contributed by atoms with E-state index in [1.165, 1.54) is 0 Å². The van der Waals surface area contributed by atoms with Gasteiger partial charge in [0.25, 0.3) is 0 Å². The molecule has 2 radical (unpaired) electrons. The van der Waals surface area contributed by atoms with Gasteiger partial charge in [-0.15, -0.1) is 0 Å². The van der Waals surface area contributed by atoms with Gasteiger partial charge in [-0.25, -0.2) is 0 Å². The van der Waals surface area contributed by atoms with Gasteiger partial charge in [-0.3, -0.25) is 0 Å². The molecular formula is CH3O2P. The van der Waals surface area contributed by atoms with Crippen molar-refractivity contribution in [3.8, 4) is 0 Å². The average molecular weight is 78.0 g/mol. The molecule has 0 atom stereocenters. The van der Waals surface area contributed by atoms with Gasteiger partial charge >= 0.3 is 0 Å². The Morgan fingerprint density at radius 3 is 1.50 bits per heavy atom. The molecule has 0 amide bonds. The molecule has 0 aromatic carbocycles. The van der Waals surface area contributed by atoms with E-state index in [1.54, 1.807) is 0 Å². The van der Waals surface area contributed by atoms with Crippen LogP contribution in [0.4, 0.5) is 0 Å². The van der Waals surface area contributed by atoms with Crippen LogP contribution in [-0.2, 0) is 0 Å². The molecular weight excluding hydrogens is 75.0 g/mol. The van der Waals surface area contributed by atoms with Crippen LogP contribution in [0.15, 0.2) is 0 Å². The second kappa shape index (κ2) is 1.65. The molecule has 0 rings (SSSR count). The Bertz CT molecular complexity index is 10.8. The van der Waals surface area contributed by atoms with Crippen LogP contribution < -0.4 is 0 Å². The fourth-order valence-corrected chi connectivity index (χ4v) is 0. The summed E-state index contributed by atoms with van der Waals surface area (Å²) >= 11 is 0. The minimum atomic E-state index is -1.47. The van der Waals surface area contributed by atoms with Crippen LogP contribution in [0, 0.1) is 0 Å². The van der Waals surface area contributed by atoms with E-state index in [1.807, 2.05) is 0 Å². The van der Waals surface area contributed by atoms with Crippen LogP contribution in [0.1, 0.15) is 0 Å². The summed E-state index contributed by atoms with van der Waals surface area (Å²) in [5, 5.41) is 15.0. The summed E-state index contributed by atoms with van der Waals surface area (Å²) in [4.78, 5) is 0. The normalized spacial score (nSPS) is 9.00. The highest BCUT2D eigenvalue weighted by molar-refractivity contribution is 7.16. The molecule has 0 aliphatic carbocycles. The number of aliphatic hydroxyl groups is 2. The molecule has 0 saturated heterocycles. The SMILES string of the molecule is OC(O)[P]. The fourth-order valence-electron chi connectivity index (χ4n) is 0. The zero-order valence-corrected chi connectivity index (χ0v) is 2.81. The smallest absolute Gasteiger partial charge is 0.179 e. The minimum Gasteiger partial charge on any atom is -0.364 e. The van der Waals surface area contributed by atoms with E-state index >= 15 is 0 Å². The Balaban J connectivity index is 2.32. The van der Waals surface area contributed by atoms with E-state index in [-0.39, 0.29) is 0 Å². The van der Waals surface area contributed by atoms with Crippen molar-refractivity contribution in [1.82, 2.24) is 0 Å². The van der Waals surface area contributed by atoms with Gasteiger partial charge in [0.05, 0.1) is 0 Å². The van der Waals surface area contributed by atoms with Crippen molar-refractivity contribution in [1.29, 1.82) is 0 Å². The molecule has 0 spiro atoms. The van der Waals surface area contributed by atoms with Crippen LogP contribution in [0.5, 0.6) is 0 Å². The van der Waals surface area contributed by atoms with Crippen molar-refractivity contribution in [2.45, 2.75) is 6.03 Å². The Kier molecular flexibility index (Phi) is 1.79. The predicted octanol–water partition coefficient (Wildman–Crippen LogP) is -0.335. The number of aliphatic hydroxyl groups excluding tert-OH is 1. The molecule has 2 nitrogen and oxygen atoms in total. The monoisotopic (exact) mass is 78.0 g/mol. The molecule has 0 aliphatic heterocycles. The van der Waals surface area contributed by atoms with Crippen LogP contribution in [-0.4, -0.2) is 16.2 Å². The fraction of sp³-hybridized carbons (Fsp3) is 1.00. The van der Waals surface area contributed by atoms with Crippen molar-refractivity contribution in [3.05, 3.63) is 0 Å². The molecule has 24 valence electrons. The van der Waals surface area contributed by atoms with Gasteiger partial charge in [-0.2, -0.15) is 0 Å². The third kappa shape index (κ3) is 35.0. The number of hydrogen-bond acceptors (Lipinski definition) is 2. The third-order valence-corrected chi connectivity index (χ3v) is 0. The Labute approximate surface area is 26.7 Å². The largest absolute Gasteiger partial charge is 0.364 e. The van der Waals surface area contributed by atoms with Crippen LogP contribution in [0.3, 0.4) is 0 Å².